The Hall–Kier alpha value is -5.41. The van der Waals surface area contributed by atoms with E-state index in [0.717, 1.165) is 100 Å². The molecule has 1 spiro atoms. The normalized spacial score (nSPS) is 27.9. The molecule has 4 bridgehead atoms. The van der Waals surface area contributed by atoms with E-state index in [1.54, 1.807) is 19.2 Å². The molecule has 0 aromatic heterocycles. The van der Waals surface area contributed by atoms with Crippen molar-refractivity contribution in [2.45, 2.75) is 119 Å². The molecule has 324 valence electrons. The predicted molar refractivity (Wildman–Crippen MR) is 238 cm³/mol. The van der Waals surface area contributed by atoms with Crippen LogP contribution in [0, 0.1) is 17.8 Å². The highest BCUT2D eigenvalue weighted by molar-refractivity contribution is 5.84. The number of benzene rings is 3. The number of fused-ring (bicyclic) bond motifs is 8. The monoisotopic (exact) mass is 838 g/mol. The lowest BCUT2D eigenvalue weighted by Gasteiger charge is -2.39. The second kappa shape index (κ2) is 16.4. The van der Waals surface area contributed by atoms with Crippen LogP contribution in [0.25, 0.3) is 17.2 Å². The van der Waals surface area contributed by atoms with Crippen molar-refractivity contribution in [3.8, 4) is 51.7 Å². The minimum absolute atomic E-state index is 0.0378. The van der Waals surface area contributed by atoms with Gasteiger partial charge in [0.25, 0.3) is 0 Å². The van der Waals surface area contributed by atoms with Crippen LogP contribution >= 0.6 is 0 Å². The van der Waals surface area contributed by atoms with Gasteiger partial charge >= 0.3 is 5.97 Å². The number of ether oxygens (including phenoxy) is 4. The Morgan fingerprint density at radius 1 is 1.05 bits per heavy atom. The molecule has 0 amide bonds. The lowest BCUT2D eigenvalue weighted by molar-refractivity contribution is -0.141. The number of methoxy groups -OCH3 is 1. The van der Waals surface area contributed by atoms with Crippen molar-refractivity contribution < 1.29 is 34.0 Å². The Morgan fingerprint density at radius 2 is 1.90 bits per heavy atom. The summed E-state index contributed by atoms with van der Waals surface area (Å²) in [6.45, 7) is 2.10. The van der Waals surface area contributed by atoms with Crippen LogP contribution in [0.15, 0.2) is 59.8 Å². The van der Waals surface area contributed by atoms with Gasteiger partial charge in [0.15, 0.2) is 11.5 Å². The van der Waals surface area contributed by atoms with E-state index in [9.17, 15) is 15.0 Å². The van der Waals surface area contributed by atoms with Crippen molar-refractivity contribution >= 4 is 12.0 Å². The second-order valence-electron chi connectivity index (χ2n) is 18.5. The van der Waals surface area contributed by atoms with Gasteiger partial charge in [0.05, 0.1) is 30.9 Å². The smallest absolute Gasteiger partial charge is 0.302 e. The molecule has 3 aliphatic carbocycles. The Morgan fingerprint density at radius 3 is 2.71 bits per heavy atom. The van der Waals surface area contributed by atoms with Gasteiger partial charge in [-0.15, -0.1) is 0 Å². The minimum atomic E-state index is -0.623. The van der Waals surface area contributed by atoms with Crippen molar-refractivity contribution in [2.75, 3.05) is 27.3 Å². The number of phenolic OH excluding ortho intramolecular Hbond substituents is 2. The molecule has 4 heterocycles. The summed E-state index contributed by atoms with van der Waals surface area (Å²) >= 11 is 0. The van der Waals surface area contributed by atoms with Crippen LogP contribution in [0.2, 0.25) is 0 Å². The Labute approximate surface area is 364 Å². The molecule has 11 nitrogen and oxygen atoms in total. The van der Waals surface area contributed by atoms with Crippen LogP contribution in [0.1, 0.15) is 110 Å². The fraction of sp³-hybridized carbons (Fsp3) is 0.471. The van der Waals surface area contributed by atoms with Crippen LogP contribution in [0.3, 0.4) is 0 Å². The Kier molecular flexibility index (Phi) is 10.7. The molecule has 0 saturated heterocycles. The molecule has 0 radical (unpaired) electrons. The number of nitrogens with one attached hydrogen (secondary N) is 3. The molecule has 3 aromatic carbocycles. The van der Waals surface area contributed by atoms with Gasteiger partial charge in [-0.05, 0) is 104 Å². The summed E-state index contributed by atoms with van der Waals surface area (Å²) in [7, 11) is 3.57. The van der Waals surface area contributed by atoms with Gasteiger partial charge in [0.2, 0.25) is 0 Å². The van der Waals surface area contributed by atoms with Gasteiger partial charge in [0, 0.05) is 65.2 Å². The largest absolute Gasteiger partial charge is 0.508 e. The van der Waals surface area contributed by atoms with Crippen molar-refractivity contribution in [3.05, 3.63) is 93.2 Å². The van der Waals surface area contributed by atoms with E-state index in [-0.39, 0.29) is 53.7 Å². The van der Waals surface area contributed by atoms with Crippen LogP contribution < -0.4 is 35.9 Å². The molecular formula is C51H58N4O7. The first-order chi connectivity index (χ1) is 30.1. The van der Waals surface area contributed by atoms with Gasteiger partial charge in [0.1, 0.15) is 36.1 Å². The van der Waals surface area contributed by atoms with Crippen LogP contribution in [0.5, 0.6) is 28.7 Å². The summed E-state index contributed by atoms with van der Waals surface area (Å²) in [5.74, 6) is 8.59. The van der Waals surface area contributed by atoms with Crippen LogP contribution in [-0.2, 0) is 27.8 Å². The first kappa shape index (κ1) is 40.6. The number of phenols is 2. The molecule has 7 N–H and O–H groups in total. The first-order valence-corrected chi connectivity index (χ1v) is 22.6. The average Bonchev–Trinajstić information content (AvgIpc) is 3.77. The molecular weight excluding hydrogens is 781 g/mol. The highest BCUT2D eigenvalue weighted by Crippen LogP contribution is 2.63. The standard InChI is InChI=1S/C51H58N4O7/c1-28(56)60-27-38-35-13-14-36-45-32(21-34(57)23-42(45)59-3)25-51-19-18-29(24-51)20-30-12-17-44(52)55-39(30)11-7-8-31-22-41(58)48-37(46(31)49(38)62-50(35)47(36)51)15-16-40(43(61-48)26-53-2)54-33-9-5-4-6-10-33/h12-17,21-23,29,33,38,40,43-44,49,53-55,57-58H,4-6,8-10,18-20,24-27,52H2,1-3H3/t29-,38-,40-,43-,44?,49-,51+/m0/s1. The van der Waals surface area contributed by atoms with E-state index in [0.29, 0.717) is 42.8 Å². The molecule has 11 heteroatoms. The summed E-state index contributed by atoms with van der Waals surface area (Å²) in [6, 6.07) is 9.94. The van der Waals surface area contributed by atoms with E-state index in [2.05, 4.69) is 58.2 Å². The molecule has 7 atom stereocenters. The Bertz CT molecular complexity index is 2460. The molecule has 3 aromatic rings. The predicted octanol–water partition coefficient (Wildman–Crippen LogP) is 7.08. The van der Waals surface area contributed by atoms with Crippen LogP contribution in [0.4, 0.5) is 0 Å². The molecule has 10 rings (SSSR count). The maximum atomic E-state index is 12.7. The molecule has 62 heavy (non-hydrogen) atoms. The quantitative estimate of drug-likeness (QED) is 0.107. The third-order valence-electron chi connectivity index (χ3n) is 14.5. The number of aromatic hydroxyl groups is 2. The van der Waals surface area contributed by atoms with Crippen molar-refractivity contribution in [1.29, 1.82) is 0 Å². The van der Waals surface area contributed by atoms with Gasteiger partial charge < -0.3 is 50.8 Å². The van der Waals surface area contributed by atoms with Crippen molar-refractivity contribution in [1.82, 2.24) is 16.0 Å². The number of esters is 1. The number of carbonyl (C=O) groups is 1. The van der Waals surface area contributed by atoms with Gasteiger partial charge in [-0.25, -0.2) is 0 Å². The topological polar surface area (TPSA) is 157 Å². The summed E-state index contributed by atoms with van der Waals surface area (Å²) in [6.07, 6.45) is 17.7. The number of nitrogens with two attached hydrogens (primary N) is 1. The fourth-order valence-corrected chi connectivity index (χ4v) is 11.9. The second-order valence-corrected chi connectivity index (χ2v) is 18.5. The maximum Gasteiger partial charge on any atom is 0.302 e. The van der Waals surface area contributed by atoms with E-state index in [1.807, 2.05) is 19.2 Å². The van der Waals surface area contributed by atoms with Gasteiger partial charge in [-0.2, -0.15) is 0 Å². The number of dihydropyridines is 1. The SMILES string of the molecule is CNC[C@@H]1Oc2c(O)cc3c(c2C=C[C@@H]1NC1CCCCC1)[C@H]1Oc2c(ccc4c2[C@@]2(CC[C@@H](CC5=C(C#CC3)NC(N)C=C5)C2)Cc2cc(O)cc(OC)c2-4)[C@@H]1COC(C)=O. The number of likely N-dealkylation sites (N-methyl/N-ethyl adjacent to an activating group) is 1. The molecule has 4 aliphatic heterocycles. The lowest BCUT2D eigenvalue weighted by atomic mass is 9.65. The highest BCUT2D eigenvalue weighted by Gasteiger charge is 2.51. The molecule has 1 unspecified atom stereocenters. The molecule has 2 fully saturated rings. The number of carbonyl (C=O) groups excluding carboxylic acids is 1. The number of hydrogen-bond acceptors (Lipinski definition) is 11. The van der Waals surface area contributed by atoms with Crippen molar-refractivity contribution in [3.63, 3.8) is 0 Å². The summed E-state index contributed by atoms with van der Waals surface area (Å²) in [4.78, 5) is 12.7. The highest BCUT2D eigenvalue weighted by atomic mass is 16.5. The number of allylic oxidation sites excluding steroid dienone is 3. The zero-order chi connectivity index (χ0) is 42.7. The lowest BCUT2D eigenvalue weighted by Crippen LogP contribution is -2.50. The molecule has 7 aliphatic rings. The third-order valence-corrected chi connectivity index (χ3v) is 14.5. The van der Waals surface area contributed by atoms with E-state index < -0.39 is 6.10 Å². The van der Waals surface area contributed by atoms with E-state index in [1.165, 1.54) is 26.2 Å². The van der Waals surface area contributed by atoms with Crippen LogP contribution in [-0.4, -0.2) is 67.8 Å². The summed E-state index contributed by atoms with van der Waals surface area (Å²) in [5, 5.41) is 33.7. The van der Waals surface area contributed by atoms with Crippen molar-refractivity contribution in [2.24, 2.45) is 11.7 Å². The van der Waals surface area contributed by atoms with Gasteiger partial charge in [-0.3, -0.25) is 4.79 Å². The number of rotatable bonds is 7. The minimum Gasteiger partial charge on any atom is -0.508 e. The first-order valence-electron chi connectivity index (χ1n) is 22.6. The number of hydrogen-bond donors (Lipinski definition) is 6. The average molecular weight is 839 g/mol. The zero-order valence-corrected chi connectivity index (χ0v) is 35.9. The summed E-state index contributed by atoms with van der Waals surface area (Å²) in [5.41, 5.74) is 15.6. The molecule has 2 saturated carbocycles. The summed E-state index contributed by atoms with van der Waals surface area (Å²) < 4.78 is 26.4. The third kappa shape index (κ3) is 7.20. The van der Waals surface area contributed by atoms with Gasteiger partial charge in [-0.1, -0.05) is 55.5 Å². The fourth-order valence-electron chi connectivity index (χ4n) is 11.9. The maximum absolute atomic E-state index is 12.7. The zero-order valence-electron chi connectivity index (χ0n) is 35.9. The van der Waals surface area contributed by atoms with E-state index >= 15 is 0 Å². The Balaban J connectivity index is 1.20. The van der Waals surface area contributed by atoms with E-state index in [4.69, 9.17) is 24.7 Å².